The predicted octanol–water partition coefficient (Wildman–Crippen LogP) is 5.47. The number of ether oxygens (including phenoxy) is 1. The van der Waals surface area contributed by atoms with Gasteiger partial charge in [-0.15, -0.1) is 12.4 Å². The van der Waals surface area contributed by atoms with Gasteiger partial charge in [-0.2, -0.15) is 0 Å². The van der Waals surface area contributed by atoms with Gasteiger partial charge in [0, 0.05) is 12.3 Å². The highest BCUT2D eigenvalue weighted by Gasteiger charge is 2.60. The fourth-order valence-corrected chi connectivity index (χ4v) is 7.99. The van der Waals surface area contributed by atoms with Gasteiger partial charge in [-0.1, -0.05) is 33.3 Å². The van der Waals surface area contributed by atoms with E-state index in [2.05, 4.69) is 20.8 Å². The molecule has 0 aromatic heterocycles. The Morgan fingerprint density at radius 2 is 1.77 bits per heavy atom. The van der Waals surface area contributed by atoms with E-state index in [9.17, 15) is 9.59 Å². The van der Waals surface area contributed by atoms with Crippen molar-refractivity contribution >= 4 is 24.2 Å². The molecule has 176 valence electrons. The van der Waals surface area contributed by atoms with E-state index < -0.39 is 6.04 Å². The number of fused-ring (bicyclic) bond motifs is 5. The third kappa shape index (κ3) is 4.01. The number of allylic oxidation sites excluding steroid dienone is 1. The Labute approximate surface area is 194 Å². The first-order valence-corrected chi connectivity index (χ1v) is 12.3. The largest absolute Gasteiger partial charge is 0.461 e. The fourth-order valence-electron chi connectivity index (χ4n) is 7.99. The van der Waals surface area contributed by atoms with Crippen molar-refractivity contribution in [3.05, 3.63) is 11.6 Å². The summed E-state index contributed by atoms with van der Waals surface area (Å²) in [4.78, 5) is 24.5. The normalized spacial score (nSPS) is 41.3. The van der Waals surface area contributed by atoms with Gasteiger partial charge in [0.05, 0.1) is 0 Å². The number of halogens is 1. The van der Waals surface area contributed by atoms with Crippen LogP contribution in [0.25, 0.3) is 0 Å². The Kier molecular flexibility index (Phi) is 7.04. The maximum absolute atomic E-state index is 12.5. The average Bonchev–Trinajstić information content (AvgIpc) is 3.05. The fraction of sp³-hybridized carbons (Fsp3) is 0.846. The minimum atomic E-state index is -0.536. The van der Waals surface area contributed by atoms with Crippen LogP contribution in [0.15, 0.2) is 11.6 Å². The van der Waals surface area contributed by atoms with E-state index in [-0.39, 0.29) is 41.2 Å². The van der Waals surface area contributed by atoms with Crippen LogP contribution in [0.5, 0.6) is 0 Å². The molecule has 0 heterocycles. The van der Waals surface area contributed by atoms with E-state index >= 15 is 0 Å². The quantitative estimate of drug-likeness (QED) is 0.575. The van der Waals surface area contributed by atoms with Crippen LogP contribution in [0.1, 0.15) is 86.0 Å². The van der Waals surface area contributed by atoms with Gasteiger partial charge >= 0.3 is 5.97 Å². The first-order chi connectivity index (χ1) is 14.1. The molecule has 3 fully saturated rings. The van der Waals surface area contributed by atoms with Gasteiger partial charge in [0.1, 0.15) is 12.1 Å². The van der Waals surface area contributed by atoms with Crippen molar-refractivity contribution in [2.45, 2.75) is 98.1 Å². The van der Waals surface area contributed by atoms with Gasteiger partial charge in [0.15, 0.2) is 5.78 Å². The molecule has 0 saturated heterocycles. The number of carbonyl (C=O) groups excluding carboxylic acids is 2. The van der Waals surface area contributed by atoms with Crippen LogP contribution in [0.4, 0.5) is 0 Å². The highest BCUT2D eigenvalue weighted by Crippen LogP contribution is 2.67. The maximum Gasteiger partial charge on any atom is 0.323 e. The topological polar surface area (TPSA) is 69.4 Å². The molecule has 5 heteroatoms. The van der Waals surface area contributed by atoms with Crippen molar-refractivity contribution in [1.82, 2.24) is 0 Å². The molecule has 0 aliphatic heterocycles. The molecule has 2 N–H and O–H groups in total. The zero-order chi connectivity index (χ0) is 21.8. The smallest absolute Gasteiger partial charge is 0.323 e. The summed E-state index contributed by atoms with van der Waals surface area (Å²) >= 11 is 0. The molecule has 4 rings (SSSR count). The number of hydrogen-bond acceptors (Lipinski definition) is 4. The van der Waals surface area contributed by atoms with Crippen molar-refractivity contribution in [3.8, 4) is 0 Å². The standard InChI is InChI=1S/C26H41NO3.ClH/c1-15(2)23(27)24(29)30-16(3)20-8-9-21-19-7-6-17-14-18(28)10-12-25(17,4)22(19)11-13-26(20,21)5;/h14-16,19-23H,6-13,27H2,1-5H3;1H/t16-,19-,20+,21-,22-,23-,25-,26+;/m0./s1. The zero-order valence-corrected chi connectivity index (χ0v) is 20.8. The molecular weight excluding hydrogens is 410 g/mol. The van der Waals surface area contributed by atoms with Gasteiger partial charge in [0.2, 0.25) is 0 Å². The summed E-state index contributed by atoms with van der Waals surface area (Å²) in [5, 5.41) is 0. The lowest BCUT2D eigenvalue weighted by Crippen LogP contribution is -2.51. The molecular formula is C26H42ClNO3. The van der Waals surface area contributed by atoms with Crippen molar-refractivity contribution in [1.29, 1.82) is 0 Å². The molecule has 8 atom stereocenters. The second kappa shape index (κ2) is 8.82. The first kappa shape index (κ1) is 24.8. The van der Waals surface area contributed by atoms with E-state index in [1.807, 2.05) is 19.9 Å². The van der Waals surface area contributed by atoms with E-state index in [1.54, 1.807) is 0 Å². The summed E-state index contributed by atoms with van der Waals surface area (Å²) in [6, 6.07) is -0.536. The third-order valence-corrected chi connectivity index (χ3v) is 9.89. The number of hydrogen-bond donors (Lipinski definition) is 1. The minimum absolute atomic E-state index is 0. The van der Waals surface area contributed by atoms with E-state index in [0.29, 0.717) is 23.5 Å². The van der Waals surface area contributed by atoms with Gasteiger partial charge in [-0.3, -0.25) is 9.59 Å². The molecule has 4 aliphatic carbocycles. The van der Waals surface area contributed by atoms with Crippen LogP contribution in [-0.4, -0.2) is 23.9 Å². The van der Waals surface area contributed by atoms with Gasteiger partial charge < -0.3 is 10.5 Å². The van der Waals surface area contributed by atoms with Crippen molar-refractivity contribution < 1.29 is 14.3 Å². The SMILES string of the molecule is CC(C)[C@H](N)C(=O)O[C@@H](C)[C@H]1CC[C@H]2[C@@H]3CCC4=CC(=O)CC[C@]4(C)[C@H]3CC[C@]12C.Cl. The van der Waals surface area contributed by atoms with Crippen LogP contribution in [0.2, 0.25) is 0 Å². The summed E-state index contributed by atoms with van der Waals surface area (Å²) in [5.74, 6) is 2.75. The van der Waals surface area contributed by atoms with Crippen LogP contribution in [0.3, 0.4) is 0 Å². The van der Waals surface area contributed by atoms with Gasteiger partial charge in [0.25, 0.3) is 0 Å². The molecule has 0 unspecified atom stereocenters. The van der Waals surface area contributed by atoms with E-state index in [1.165, 1.54) is 31.3 Å². The van der Waals surface area contributed by atoms with Gasteiger partial charge in [-0.05, 0) is 92.4 Å². The van der Waals surface area contributed by atoms with Crippen LogP contribution < -0.4 is 5.73 Å². The highest BCUT2D eigenvalue weighted by atomic mass is 35.5. The maximum atomic E-state index is 12.5. The molecule has 0 aromatic carbocycles. The number of nitrogens with two attached hydrogens (primary N) is 1. The molecule has 0 radical (unpaired) electrons. The molecule has 0 aromatic rings. The van der Waals surface area contributed by atoms with Crippen LogP contribution >= 0.6 is 12.4 Å². The first-order valence-electron chi connectivity index (χ1n) is 12.3. The predicted molar refractivity (Wildman–Crippen MR) is 126 cm³/mol. The molecule has 0 spiro atoms. The molecule has 0 amide bonds. The minimum Gasteiger partial charge on any atom is -0.461 e. The zero-order valence-electron chi connectivity index (χ0n) is 20.0. The summed E-state index contributed by atoms with van der Waals surface area (Å²) < 4.78 is 5.91. The number of carbonyl (C=O) groups is 2. The Hall–Kier alpha value is -0.870. The number of ketones is 1. The summed E-state index contributed by atoms with van der Waals surface area (Å²) in [7, 11) is 0. The third-order valence-electron chi connectivity index (χ3n) is 9.89. The van der Waals surface area contributed by atoms with Crippen molar-refractivity contribution in [3.63, 3.8) is 0 Å². The van der Waals surface area contributed by atoms with Gasteiger partial charge in [-0.25, -0.2) is 0 Å². The van der Waals surface area contributed by atoms with Crippen molar-refractivity contribution in [2.24, 2.45) is 46.2 Å². The Morgan fingerprint density at radius 1 is 1.06 bits per heavy atom. The molecule has 4 aliphatic rings. The highest BCUT2D eigenvalue weighted by molar-refractivity contribution is 5.91. The Balaban J connectivity index is 0.00000272. The Morgan fingerprint density at radius 3 is 2.45 bits per heavy atom. The molecule has 31 heavy (non-hydrogen) atoms. The second-order valence-electron chi connectivity index (χ2n) is 11.6. The molecule has 3 saturated carbocycles. The van der Waals surface area contributed by atoms with Crippen LogP contribution in [-0.2, 0) is 14.3 Å². The number of rotatable bonds is 4. The molecule has 0 bridgehead atoms. The lowest BCUT2D eigenvalue weighted by molar-refractivity contribution is -0.157. The lowest BCUT2D eigenvalue weighted by atomic mass is 9.46. The van der Waals surface area contributed by atoms with E-state index in [0.717, 1.165) is 31.6 Å². The lowest BCUT2D eigenvalue weighted by Gasteiger charge is -2.58. The monoisotopic (exact) mass is 451 g/mol. The molecule has 4 nitrogen and oxygen atoms in total. The second-order valence-corrected chi connectivity index (χ2v) is 11.6. The van der Waals surface area contributed by atoms with Crippen molar-refractivity contribution in [2.75, 3.05) is 0 Å². The number of esters is 1. The Bertz CT molecular complexity index is 749. The van der Waals surface area contributed by atoms with E-state index in [4.69, 9.17) is 10.5 Å². The average molecular weight is 452 g/mol. The summed E-state index contributed by atoms with van der Waals surface area (Å²) in [6.45, 7) is 10.9. The summed E-state index contributed by atoms with van der Waals surface area (Å²) in [5.41, 5.74) is 7.94. The summed E-state index contributed by atoms with van der Waals surface area (Å²) in [6.07, 6.45) is 10.8. The van der Waals surface area contributed by atoms with Crippen LogP contribution in [0, 0.1) is 40.4 Å².